The van der Waals surface area contributed by atoms with Crippen LogP contribution in [0.3, 0.4) is 0 Å². The zero-order chi connectivity index (χ0) is 13.8. The number of rotatable bonds is 4. The Balaban J connectivity index is 2.50. The summed E-state index contributed by atoms with van der Waals surface area (Å²) < 4.78 is 0. The van der Waals surface area contributed by atoms with Crippen LogP contribution in [0, 0.1) is 0 Å². The SMILES string of the molecule is CC/C(=C\N(C)N)c1ccc2cnc(NC)cc2c1. The van der Waals surface area contributed by atoms with Crippen LogP contribution in [0.2, 0.25) is 0 Å². The molecule has 0 atom stereocenters. The van der Waals surface area contributed by atoms with Gasteiger partial charge in [0.15, 0.2) is 0 Å². The summed E-state index contributed by atoms with van der Waals surface area (Å²) in [4.78, 5) is 4.31. The highest BCUT2D eigenvalue weighted by Crippen LogP contribution is 2.24. The van der Waals surface area contributed by atoms with Crippen molar-refractivity contribution in [3.63, 3.8) is 0 Å². The molecular formula is C15H20N4. The first-order chi connectivity index (χ1) is 9.13. The Bertz CT molecular complexity index is 602. The summed E-state index contributed by atoms with van der Waals surface area (Å²) in [6.45, 7) is 2.13. The third-order valence-corrected chi connectivity index (χ3v) is 3.09. The summed E-state index contributed by atoms with van der Waals surface area (Å²) >= 11 is 0. The van der Waals surface area contributed by atoms with Crippen LogP contribution in [0.4, 0.5) is 5.82 Å². The van der Waals surface area contributed by atoms with Crippen LogP contribution >= 0.6 is 0 Å². The number of hydrogen-bond acceptors (Lipinski definition) is 4. The van der Waals surface area contributed by atoms with E-state index in [1.165, 1.54) is 16.5 Å². The Hall–Kier alpha value is -2.07. The van der Waals surface area contributed by atoms with Crippen molar-refractivity contribution in [1.82, 2.24) is 9.99 Å². The van der Waals surface area contributed by atoms with Crippen LogP contribution in [-0.4, -0.2) is 24.1 Å². The molecule has 0 aliphatic carbocycles. The van der Waals surface area contributed by atoms with Crippen LogP contribution < -0.4 is 11.2 Å². The normalized spacial score (nSPS) is 11.7. The molecule has 2 aromatic rings. The highest BCUT2D eigenvalue weighted by molar-refractivity contribution is 5.87. The number of nitrogens with two attached hydrogens (primary N) is 1. The fourth-order valence-electron chi connectivity index (χ4n) is 2.09. The van der Waals surface area contributed by atoms with Crippen molar-refractivity contribution >= 4 is 22.2 Å². The molecule has 4 nitrogen and oxygen atoms in total. The molecule has 0 fully saturated rings. The number of benzene rings is 1. The minimum atomic E-state index is 0.877. The molecule has 4 heteroatoms. The zero-order valence-electron chi connectivity index (χ0n) is 11.6. The van der Waals surface area contributed by atoms with Gasteiger partial charge in [0.2, 0.25) is 0 Å². The lowest BCUT2D eigenvalue weighted by Crippen LogP contribution is -2.19. The molecule has 1 heterocycles. The summed E-state index contributed by atoms with van der Waals surface area (Å²) in [6.07, 6.45) is 4.79. The molecule has 1 aromatic carbocycles. The fraction of sp³-hybridized carbons (Fsp3) is 0.267. The number of anilines is 1. The van der Waals surface area contributed by atoms with Gasteiger partial charge in [-0.2, -0.15) is 0 Å². The number of nitrogens with zero attached hydrogens (tertiary/aromatic N) is 2. The topological polar surface area (TPSA) is 54.2 Å². The number of fused-ring (bicyclic) bond motifs is 1. The van der Waals surface area contributed by atoms with Gasteiger partial charge in [0.25, 0.3) is 0 Å². The van der Waals surface area contributed by atoms with E-state index < -0.39 is 0 Å². The van der Waals surface area contributed by atoms with Crippen LogP contribution in [0.1, 0.15) is 18.9 Å². The lowest BCUT2D eigenvalue weighted by atomic mass is 10.0. The second-order valence-corrected chi connectivity index (χ2v) is 4.55. The second kappa shape index (κ2) is 5.71. The minimum Gasteiger partial charge on any atom is -0.373 e. The van der Waals surface area contributed by atoms with Crippen molar-refractivity contribution in [3.05, 3.63) is 42.2 Å². The lowest BCUT2D eigenvalue weighted by Gasteiger charge is -2.11. The first-order valence-electron chi connectivity index (χ1n) is 6.40. The summed E-state index contributed by atoms with van der Waals surface area (Å²) in [7, 11) is 3.71. The number of hydrazine groups is 1. The molecule has 19 heavy (non-hydrogen) atoms. The molecule has 0 unspecified atom stereocenters. The monoisotopic (exact) mass is 256 g/mol. The number of hydrogen-bond donors (Lipinski definition) is 2. The van der Waals surface area contributed by atoms with Crippen molar-refractivity contribution in [3.8, 4) is 0 Å². The Labute approximate surface area is 113 Å². The van der Waals surface area contributed by atoms with Gasteiger partial charge < -0.3 is 10.3 Å². The Kier molecular flexibility index (Phi) is 4.02. The van der Waals surface area contributed by atoms with E-state index in [1.807, 2.05) is 26.5 Å². The second-order valence-electron chi connectivity index (χ2n) is 4.55. The molecule has 0 aliphatic heterocycles. The van der Waals surface area contributed by atoms with Gasteiger partial charge in [0.05, 0.1) is 0 Å². The van der Waals surface area contributed by atoms with Gasteiger partial charge in [-0.3, -0.25) is 0 Å². The van der Waals surface area contributed by atoms with E-state index in [2.05, 4.69) is 41.5 Å². The first-order valence-corrected chi connectivity index (χ1v) is 6.40. The fourth-order valence-corrected chi connectivity index (χ4v) is 2.09. The quantitative estimate of drug-likeness (QED) is 0.652. The van der Waals surface area contributed by atoms with Gasteiger partial charge in [-0.05, 0) is 35.1 Å². The maximum atomic E-state index is 5.70. The van der Waals surface area contributed by atoms with Crippen LogP contribution in [-0.2, 0) is 0 Å². The molecule has 2 rings (SSSR count). The smallest absolute Gasteiger partial charge is 0.126 e. The summed E-state index contributed by atoms with van der Waals surface area (Å²) in [5.41, 5.74) is 2.41. The molecule has 1 aromatic heterocycles. The van der Waals surface area contributed by atoms with E-state index >= 15 is 0 Å². The van der Waals surface area contributed by atoms with Gasteiger partial charge in [-0.25, -0.2) is 10.8 Å². The number of pyridine rings is 1. The van der Waals surface area contributed by atoms with Crippen LogP contribution in [0.25, 0.3) is 16.3 Å². The largest absolute Gasteiger partial charge is 0.373 e. The number of allylic oxidation sites excluding steroid dienone is 1. The predicted octanol–water partition coefficient (Wildman–Crippen LogP) is 2.83. The van der Waals surface area contributed by atoms with Crippen molar-refractivity contribution in [1.29, 1.82) is 0 Å². The van der Waals surface area contributed by atoms with Gasteiger partial charge in [-0.1, -0.05) is 19.1 Å². The van der Waals surface area contributed by atoms with Crippen LogP contribution in [0.5, 0.6) is 0 Å². The Morgan fingerprint density at radius 1 is 1.37 bits per heavy atom. The maximum absolute atomic E-state index is 5.70. The summed E-state index contributed by atoms with van der Waals surface area (Å²) in [5, 5.41) is 6.97. The molecular weight excluding hydrogens is 236 g/mol. The molecule has 0 bridgehead atoms. The van der Waals surface area contributed by atoms with Gasteiger partial charge in [0.1, 0.15) is 5.82 Å². The Morgan fingerprint density at radius 2 is 2.16 bits per heavy atom. The van der Waals surface area contributed by atoms with E-state index in [9.17, 15) is 0 Å². The first kappa shape index (κ1) is 13.4. The summed E-state index contributed by atoms with van der Waals surface area (Å²) in [5.74, 6) is 6.58. The summed E-state index contributed by atoms with van der Waals surface area (Å²) in [6, 6.07) is 8.44. The van der Waals surface area contributed by atoms with E-state index in [1.54, 1.807) is 5.01 Å². The average Bonchev–Trinajstić information content (AvgIpc) is 2.43. The van der Waals surface area contributed by atoms with Gasteiger partial charge >= 0.3 is 0 Å². The number of aromatic nitrogens is 1. The zero-order valence-corrected chi connectivity index (χ0v) is 11.6. The van der Waals surface area contributed by atoms with Gasteiger partial charge in [0, 0.05) is 31.9 Å². The molecule has 100 valence electrons. The van der Waals surface area contributed by atoms with E-state index in [-0.39, 0.29) is 0 Å². The predicted molar refractivity (Wildman–Crippen MR) is 81.5 cm³/mol. The van der Waals surface area contributed by atoms with E-state index in [0.717, 1.165) is 17.6 Å². The molecule has 0 saturated carbocycles. The average molecular weight is 256 g/mol. The molecule has 0 spiro atoms. The Morgan fingerprint density at radius 3 is 2.79 bits per heavy atom. The molecule has 0 amide bonds. The lowest BCUT2D eigenvalue weighted by molar-refractivity contribution is 0.485. The van der Waals surface area contributed by atoms with Crippen molar-refractivity contribution < 1.29 is 0 Å². The molecule has 3 N–H and O–H groups in total. The molecule has 0 saturated heterocycles. The minimum absolute atomic E-state index is 0.877. The maximum Gasteiger partial charge on any atom is 0.126 e. The van der Waals surface area contributed by atoms with Gasteiger partial charge in [-0.15, -0.1) is 0 Å². The van der Waals surface area contributed by atoms with Crippen molar-refractivity contribution in [2.24, 2.45) is 5.84 Å². The standard InChI is InChI=1S/C15H20N4/c1-4-11(10-19(3)16)12-5-6-13-9-18-15(17-2)8-14(13)7-12/h5-10H,4,16H2,1-3H3,(H,17,18)/b11-10+. The van der Waals surface area contributed by atoms with Crippen molar-refractivity contribution in [2.75, 3.05) is 19.4 Å². The highest BCUT2D eigenvalue weighted by Gasteiger charge is 2.03. The third-order valence-electron chi connectivity index (χ3n) is 3.09. The van der Waals surface area contributed by atoms with E-state index in [0.29, 0.717) is 0 Å². The molecule has 0 radical (unpaired) electrons. The third kappa shape index (κ3) is 3.03. The van der Waals surface area contributed by atoms with E-state index in [4.69, 9.17) is 5.84 Å². The van der Waals surface area contributed by atoms with Crippen molar-refractivity contribution in [2.45, 2.75) is 13.3 Å². The number of nitrogens with one attached hydrogen (secondary N) is 1. The van der Waals surface area contributed by atoms with Crippen LogP contribution in [0.15, 0.2) is 36.7 Å². The highest BCUT2D eigenvalue weighted by atomic mass is 15.4. The molecule has 0 aliphatic rings.